The first-order valence-corrected chi connectivity index (χ1v) is 7.86. The first-order valence-electron chi connectivity index (χ1n) is 7.86. The Balaban J connectivity index is -0.000000154. The van der Waals surface area contributed by atoms with Crippen LogP contribution in [0, 0.1) is 60.6 Å². The molecular formula is C15H5F18O7Pr. The van der Waals surface area contributed by atoms with Gasteiger partial charge in [-0.05, 0) is 0 Å². The van der Waals surface area contributed by atoms with Crippen molar-refractivity contribution in [3.63, 3.8) is 0 Å². The number of rotatable bonds is 6. The summed E-state index contributed by atoms with van der Waals surface area (Å²) in [6, 6.07) is 0. The van der Waals surface area contributed by atoms with E-state index in [0.29, 0.717) is 0 Å². The fraction of sp³-hybridized carbons (Fsp3) is 0.400. The van der Waals surface area contributed by atoms with Crippen molar-refractivity contribution in [1.29, 1.82) is 0 Å². The molecule has 0 aromatic carbocycles. The van der Waals surface area contributed by atoms with E-state index >= 15 is 0 Å². The summed E-state index contributed by atoms with van der Waals surface area (Å²) in [4.78, 5) is 58.9. The van der Waals surface area contributed by atoms with Crippen molar-refractivity contribution < 1.29 is 155 Å². The average Bonchev–Trinajstić information content (AvgIpc) is 2.64. The molecule has 0 bridgehead atoms. The minimum Gasteiger partial charge on any atom is -0.412 e. The van der Waals surface area contributed by atoms with Gasteiger partial charge in [0.05, 0.1) is 0 Å². The summed E-state index contributed by atoms with van der Waals surface area (Å²) in [6.45, 7) is 0. The number of Topliss-reactive ketones (excluding diaryl/α,β-unsaturated/α-hetero) is 6. The summed E-state index contributed by atoms with van der Waals surface area (Å²) in [5.74, 6) is -16.9. The van der Waals surface area contributed by atoms with Gasteiger partial charge in [-0.2, -0.15) is 79.0 Å². The first kappa shape index (κ1) is 48.4. The topological polar surface area (TPSA) is 134 Å². The molecule has 0 unspecified atom stereocenters. The molecule has 0 aromatic heterocycles. The fourth-order valence-electron chi connectivity index (χ4n) is 0.848. The molecule has 236 valence electrons. The molecule has 0 aromatic rings. The normalized spacial score (nSPS) is 11.9. The fourth-order valence-corrected chi connectivity index (χ4v) is 0.848. The van der Waals surface area contributed by atoms with Crippen LogP contribution in [-0.2, 0) is 28.8 Å². The number of halogens is 18. The first-order chi connectivity index (χ1) is 16.6. The van der Waals surface area contributed by atoms with Gasteiger partial charge in [-0.3, -0.25) is 0 Å². The smallest absolute Gasteiger partial charge is 0.412 e. The zero-order valence-corrected chi connectivity index (χ0v) is 21.8. The van der Waals surface area contributed by atoms with E-state index in [1.807, 2.05) is 0 Å². The van der Waals surface area contributed by atoms with Crippen molar-refractivity contribution in [2.24, 2.45) is 0 Å². The SMILES string of the molecule is O.O=C([CH-]C(=O)C(F)(F)F)C(F)(F)F.O=C([CH-]C(=O)C(F)(F)F)C(F)(F)F.O=C([CH-]C(=O)C(F)(F)F)C(F)(F)F.[Pr+3]. The third kappa shape index (κ3) is 23.0. The molecule has 0 radical (unpaired) electrons. The zero-order chi connectivity index (χ0) is 32.6. The van der Waals surface area contributed by atoms with Gasteiger partial charge in [0.15, 0.2) is 0 Å². The monoisotopic (exact) mass is 780 g/mol. The maximum atomic E-state index is 11.3. The van der Waals surface area contributed by atoms with Crippen molar-refractivity contribution in [3.8, 4) is 0 Å². The summed E-state index contributed by atoms with van der Waals surface area (Å²) in [6.07, 6.45) is -35.8. The Hall–Kier alpha value is -2.31. The summed E-state index contributed by atoms with van der Waals surface area (Å²) in [5.41, 5.74) is 0. The maximum absolute atomic E-state index is 11.3. The molecule has 0 heterocycles. The number of carbonyl (C=O) groups excluding carboxylic acids is 6. The van der Waals surface area contributed by atoms with Gasteiger partial charge in [0.1, 0.15) is 34.7 Å². The van der Waals surface area contributed by atoms with Gasteiger partial charge >= 0.3 is 78.3 Å². The summed E-state index contributed by atoms with van der Waals surface area (Å²) >= 11 is 0. The zero-order valence-electron chi connectivity index (χ0n) is 18.1. The molecule has 0 spiro atoms. The molecule has 0 fully saturated rings. The second-order valence-corrected chi connectivity index (χ2v) is 5.61. The van der Waals surface area contributed by atoms with Gasteiger partial charge in [-0.25, -0.2) is 19.3 Å². The van der Waals surface area contributed by atoms with Crippen molar-refractivity contribution in [2.45, 2.75) is 37.1 Å². The largest absolute Gasteiger partial charge is 3.00 e. The van der Waals surface area contributed by atoms with Gasteiger partial charge in [0, 0.05) is 0 Å². The Morgan fingerprint density at radius 1 is 0.293 bits per heavy atom. The Kier molecular flexibility index (Phi) is 20.0. The Bertz CT molecular complexity index is 729. The van der Waals surface area contributed by atoms with Crippen LogP contribution in [0.3, 0.4) is 0 Å². The van der Waals surface area contributed by atoms with E-state index in [9.17, 15) is 108 Å². The number of hydrogen-bond donors (Lipinski definition) is 0. The molecule has 7 nitrogen and oxygen atoms in total. The van der Waals surface area contributed by atoms with Crippen LogP contribution in [0.4, 0.5) is 79.0 Å². The standard InChI is InChI=1S/3C5HF6O2.H2O.Pr/c3*6-4(7,8)2(12)1-3(13)5(9,10)11;;/h3*1H;1H2;/q3*-1;;+3. The van der Waals surface area contributed by atoms with Crippen LogP contribution in [0.2, 0.25) is 0 Å². The van der Waals surface area contributed by atoms with Crippen LogP contribution < -0.4 is 0 Å². The van der Waals surface area contributed by atoms with Crippen LogP contribution in [0.25, 0.3) is 0 Å². The van der Waals surface area contributed by atoms with Gasteiger partial charge in [-0.1, -0.05) is 0 Å². The van der Waals surface area contributed by atoms with Gasteiger partial charge in [0.25, 0.3) is 0 Å². The molecule has 0 rings (SSSR count). The molecule has 0 atom stereocenters. The van der Waals surface area contributed by atoms with Crippen molar-refractivity contribution in [1.82, 2.24) is 0 Å². The number of carbonyl (C=O) groups is 6. The molecular weight excluding hydrogens is 775 g/mol. The molecule has 0 saturated carbocycles. The van der Waals surface area contributed by atoms with Crippen LogP contribution >= 0.6 is 0 Å². The second-order valence-electron chi connectivity index (χ2n) is 5.61. The van der Waals surface area contributed by atoms with Crippen LogP contribution in [0.15, 0.2) is 0 Å². The van der Waals surface area contributed by atoms with Gasteiger partial charge in [-0.15, -0.1) is 0 Å². The number of hydrogen-bond acceptors (Lipinski definition) is 6. The molecule has 41 heavy (non-hydrogen) atoms. The molecule has 0 amide bonds. The molecule has 26 heteroatoms. The van der Waals surface area contributed by atoms with E-state index in [1.165, 1.54) is 0 Å². The maximum Gasteiger partial charge on any atom is 3.00 e. The third-order valence-corrected chi connectivity index (χ3v) is 2.46. The van der Waals surface area contributed by atoms with Crippen LogP contribution in [-0.4, -0.2) is 77.2 Å². The van der Waals surface area contributed by atoms with Crippen molar-refractivity contribution >= 4 is 34.7 Å². The van der Waals surface area contributed by atoms with E-state index in [-0.39, 0.29) is 46.8 Å². The quantitative estimate of drug-likeness (QED) is 0.230. The Labute approximate surface area is 245 Å². The second kappa shape index (κ2) is 17.0. The van der Waals surface area contributed by atoms with Crippen LogP contribution in [0.1, 0.15) is 0 Å². The predicted molar refractivity (Wildman–Crippen MR) is 82.9 cm³/mol. The van der Waals surface area contributed by atoms with Crippen molar-refractivity contribution in [3.05, 3.63) is 19.3 Å². The summed E-state index contributed by atoms with van der Waals surface area (Å²) in [5, 5.41) is 0. The molecule has 0 aliphatic heterocycles. The van der Waals surface area contributed by atoms with Crippen LogP contribution in [0.5, 0.6) is 0 Å². The Morgan fingerprint density at radius 2 is 0.366 bits per heavy atom. The molecule has 0 saturated heterocycles. The summed E-state index contributed by atoms with van der Waals surface area (Å²) in [7, 11) is 0. The summed E-state index contributed by atoms with van der Waals surface area (Å²) < 4.78 is 203. The average molecular weight is 780 g/mol. The van der Waals surface area contributed by atoms with E-state index in [1.54, 1.807) is 0 Å². The Morgan fingerprint density at radius 3 is 0.415 bits per heavy atom. The number of ketones is 6. The molecule has 0 aliphatic rings. The third-order valence-electron chi connectivity index (χ3n) is 2.46. The van der Waals surface area contributed by atoms with E-state index in [0.717, 1.165) is 0 Å². The minimum atomic E-state index is -5.46. The minimum absolute atomic E-state index is 0. The predicted octanol–water partition coefficient (Wildman–Crippen LogP) is 3.54. The van der Waals surface area contributed by atoms with Gasteiger partial charge in [0.2, 0.25) is 0 Å². The molecule has 0 aliphatic carbocycles. The van der Waals surface area contributed by atoms with E-state index < -0.39 is 91.0 Å². The molecule has 2 N–H and O–H groups in total. The van der Waals surface area contributed by atoms with Crippen molar-refractivity contribution in [2.75, 3.05) is 0 Å². The number of alkyl halides is 18. The van der Waals surface area contributed by atoms with E-state index in [4.69, 9.17) is 0 Å². The van der Waals surface area contributed by atoms with E-state index in [2.05, 4.69) is 0 Å². The van der Waals surface area contributed by atoms with Gasteiger partial charge < -0.3 is 34.2 Å².